The minimum absolute atomic E-state index is 0.188. The Kier molecular flexibility index (Phi) is 8.94. The van der Waals surface area contributed by atoms with Crippen LogP contribution in [0.1, 0.15) is 40.2 Å². The zero-order valence-electron chi connectivity index (χ0n) is 22.0. The lowest BCUT2D eigenvalue weighted by Gasteiger charge is -2.30. The SMILES string of the molecule is COc1cccc(Oc2c(CN(CC(O)COC(C)(C)C)C(C)C)c(-c3ccccc3)nn2C)c1. The van der Waals surface area contributed by atoms with Crippen LogP contribution in [0.25, 0.3) is 11.3 Å². The van der Waals surface area contributed by atoms with Gasteiger partial charge in [-0.15, -0.1) is 0 Å². The van der Waals surface area contributed by atoms with Crippen LogP contribution in [-0.2, 0) is 18.3 Å². The topological polar surface area (TPSA) is 69.0 Å². The first-order chi connectivity index (χ1) is 16.6. The minimum atomic E-state index is -0.615. The average molecular weight is 482 g/mol. The number of hydrogen-bond acceptors (Lipinski definition) is 6. The number of aromatic nitrogens is 2. The molecule has 0 aliphatic carbocycles. The van der Waals surface area contributed by atoms with Crippen molar-refractivity contribution in [2.24, 2.45) is 7.05 Å². The predicted molar refractivity (Wildman–Crippen MR) is 139 cm³/mol. The lowest BCUT2D eigenvalue weighted by atomic mass is 10.1. The van der Waals surface area contributed by atoms with Gasteiger partial charge in [0.15, 0.2) is 0 Å². The van der Waals surface area contributed by atoms with Gasteiger partial charge in [0.05, 0.1) is 31.0 Å². The number of aryl methyl sites for hydroxylation is 1. The summed E-state index contributed by atoms with van der Waals surface area (Å²) in [6.45, 7) is 11.5. The normalized spacial score (nSPS) is 12.9. The monoisotopic (exact) mass is 481 g/mol. The molecular weight excluding hydrogens is 442 g/mol. The highest BCUT2D eigenvalue weighted by Crippen LogP contribution is 2.35. The highest BCUT2D eigenvalue weighted by atomic mass is 16.5. The highest BCUT2D eigenvalue weighted by Gasteiger charge is 2.25. The molecule has 0 radical (unpaired) electrons. The average Bonchev–Trinajstić information content (AvgIpc) is 3.12. The molecular formula is C28H39N3O4. The van der Waals surface area contributed by atoms with Crippen LogP contribution in [0.3, 0.4) is 0 Å². The summed E-state index contributed by atoms with van der Waals surface area (Å²) in [5.41, 5.74) is 2.53. The molecule has 0 aliphatic rings. The second kappa shape index (κ2) is 11.7. The van der Waals surface area contributed by atoms with Gasteiger partial charge in [0, 0.05) is 37.8 Å². The first kappa shape index (κ1) is 26.7. The third-order valence-electron chi connectivity index (χ3n) is 5.64. The smallest absolute Gasteiger partial charge is 0.222 e. The Morgan fingerprint density at radius 1 is 1.03 bits per heavy atom. The van der Waals surface area contributed by atoms with Crippen molar-refractivity contribution in [1.29, 1.82) is 0 Å². The Bertz CT molecular complexity index is 1070. The molecule has 1 unspecified atom stereocenters. The molecule has 0 saturated carbocycles. The van der Waals surface area contributed by atoms with Gasteiger partial charge in [-0.3, -0.25) is 4.90 Å². The largest absolute Gasteiger partial charge is 0.497 e. The minimum Gasteiger partial charge on any atom is -0.497 e. The predicted octanol–water partition coefficient (Wildman–Crippen LogP) is 5.27. The fourth-order valence-electron chi connectivity index (χ4n) is 3.76. The van der Waals surface area contributed by atoms with Crippen LogP contribution in [0.4, 0.5) is 0 Å². The lowest BCUT2D eigenvalue weighted by molar-refractivity contribution is -0.0587. The number of methoxy groups -OCH3 is 1. The second-order valence-corrected chi connectivity index (χ2v) is 10.0. The van der Waals surface area contributed by atoms with Crippen LogP contribution in [0.2, 0.25) is 0 Å². The maximum absolute atomic E-state index is 10.7. The van der Waals surface area contributed by atoms with Gasteiger partial charge in [-0.25, -0.2) is 4.68 Å². The van der Waals surface area contributed by atoms with E-state index in [2.05, 4.69) is 18.7 Å². The van der Waals surface area contributed by atoms with Crippen LogP contribution in [0.5, 0.6) is 17.4 Å². The van der Waals surface area contributed by atoms with Gasteiger partial charge in [0.1, 0.15) is 17.2 Å². The molecule has 0 fully saturated rings. The fraction of sp³-hybridized carbons (Fsp3) is 0.464. The van der Waals surface area contributed by atoms with E-state index in [1.54, 1.807) is 11.8 Å². The van der Waals surface area contributed by atoms with Crippen molar-refractivity contribution in [1.82, 2.24) is 14.7 Å². The zero-order chi connectivity index (χ0) is 25.6. The summed E-state index contributed by atoms with van der Waals surface area (Å²) in [6, 6.07) is 17.8. The summed E-state index contributed by atoms with van der Waals surface area (Å²) < 4.78 is 19.3. The van der Waals surface area contributed by atoms with Gasteiger partial charge < -0.3 is 19.3 Å². The van der Waals surface area contributed by atoms with E-state index in [1.165, 1.54) is 0 Å². The van der Waals surface area contributed by atoms with Crippen molar-refractivity contribution in [3.05, 3.63) is 60.2 Å². The lowest BCUT2D eigenvalue weighted by Crippen LogP contribution is -2.40. The number of ether oxygens (including phenoxy) is 3. The van der Waals surface area contributed by atoms with Crippen molar-refractivity contribution >= 4 is 0 Å². The maximum Gasteiger partial charge on any atom is 0.222 e. The van der Waals surface area contributed by atoms with E-state index >= 15 is 0 Å². The molecule has 1 N–H and O–H groups in total. The summed E-state index contributed by atoms with van der Waals surface area (Å²) in [6.07, 6.45) is -0.615. The van der Waals surface area contributed by atoms with E-state index in [0.717, 1.165) is 22.6 Å². The van der Waals surface area contributed by atoms with Crippen LogP contribution < -0.4 is 9.47 Å². The number of nitrogens with zero attached hydrogens (tertiary/aromatic N) is 3. The molecule has 0 amide bonds. The molecule has 1 aromatic heterocycles. The Hall–Kier alpha value is -2.87. The number of aliphatic hydroxyl groups excluding tert-OH is 1. The van der Waals surface area contributed by atoms with Gasteiger partial charge in [-0.05, 0) is 46.8 Å². The van der Waals surface area contributed by atoms with E-state index in [-0.39, 0.29) is 18.2 Å². The van der Waals surface area contributed by atoms with Crippen LogP contribution in [0.15, 0.2) is 54.6 Å². The van der Waals surface area contributed by atoms with Crippen LogP contribution >= 0.6 is 0 Å². The van der Waals surface area contributed by atoms with Gasteiger partial charge in [-0.2, -0.15) is 5.10 Å². The third kappa shape index (κ3) is 7.56. The van der Waals surface area contributed by atoms with E-state index in [1.807, 2.05) is 82.4 Å². The molecule has 3 rings (SSSR count). The molecule has 0 spiro atoms. The zero-order valence-corrected chi connectivity index (χ0v) is 22.0. The molecule has 1 atom stereocenters. The molecule has 3 aromatic rings. The summed E-state index contributed by atoms with van der Waals surface area (Å²) in [5.74, 6) is 2.05. The van der Waals surface area contributed by atoms with Crippen molar-refractivity contribution in [2.45, 2.75) is 58.9 Å². The molecule has 0 bridgehead atoms. The van der Waals surface area contributed by atoms with E-state index < -0.39 is 6.10 Å². The summed E-state index contributed by atoms with van der Waals surface area (Å²) in [7, 11) is 3.52. The first-order valence-electron chi connectivity index (χ1n) is 12.1. The molecule has 2 aromatic carbocycles. The Morgan fingerprint density at radius 3 is 2.34 bits per heavy atom. The number of aliphatic hydroxyl groups is 1. The molecule has 0 saturated heterocycles. The summed E-state index contributed by atoms with van der Waals surface area (Å²) in [5, 5.41) is 15.6. The van der Waals surface area contributed by atoms with E-state index in [9.17, 15) is 5.11 Å². The first-order valence-corrected chi connectivity index (χ1v) is 12.1. The molecule has 1 heterocycles. The van der Waals surface area contributed by atoms with Gasteiger partial charge in [0.25, 0.3) is 0 Å². The van der Waals surface area contributed by atoms with Crippen LogP contribution in [0, 0.1) is 0 Å². The highest BCUT2D eigenvalue weighted by molar-refractivity contribution is 5.65. The van der Waals surface area contributed by atoms with Crippen molar-refractivity contribution < 1.29 is 19.3 Å². The second-order valence-electron chi connectivity index (χ2n) is 10.0. The number of rotatable bonds is 11. The summed E-state index contributed by atoms with van der Waals surface area (Å²) >= 11 is 0. The Balaban J connectivity index is 1.95. The Labute approximate surface area is 209 Å². The standard InChI is InChI=1S/C28H39N3O4/c1-20(2)31(17-22(32)19-34-28(3,4)5)18-25-26(21-12-9-8-10-13-21)29-30(6)27(25)35-24-15-11-14-23(16-24)33-7/h8-16,20,22,32H,17-19H2,1-7H3. The molecule has 0 aliphatic heterocycles. The van der Waals surface area contributed by atoms with Crippen molar-refractivity contribution in [2.75, 3.05) is 20.3 Å². The quantitative estimate of drug-likeness (QED) is 0.402. The van der Waals surface area contributed by atoms with Gasteiger partial charge in [0.2, 0.25) is 5.88 Å². The number of benzene rings is 2. The van der Waals surface area contributed by atoms with Crippen LogP contribution in [-0.4, -0.2) is 57.8 Å². The maximum atomic E-state index is 10.7. The Morgan fingerprint density at radius 2 is 1.71 bits per heavy atom. The van der Waals surface area contributed by atoms with Crippen molar-refractivity contribution in [3.63, 3.8) is 0 Å². The van der Waals surface area contributed by atoms with Gasteiger partial charge >= 0.3 is 0 Å². The number of hydrogen-bond donors (Lipinski definition) is 1. The summed E-state index contributed by atoms with van der Waals surface area (Å²) in [4.78, 5) is 2.22. The fourth-order valence-corrected chi connectivity index (χ4v) is 3.76. The van der Waals surface area contributed by atoms with E-state index in [0.29, 0.717) is 24.7 Å². The van der Waals surface area contributed by atoms with Crippen molar-refractivity contribution in [3.8, 4) is 28.6 Å². The molecule has 7 heteroatoms. The molecule has 190 valence electrons. The van der Waals surface area contributed by atoms with Gasteiger partial charge in [-0.1, -0.05) is 36.4 Å². The third-order valence-corrected chi connectivity index (χ3v) is 5.64. The molecule has 35 heavy (non-hydrogen) atoms. The van der Waals surface area contributed by atoms with E-state index in [4.69, 9.17) is 19.3 Å². The molecule has 7 nitrogen and oxygen atoms in total.